The minimum atomic E-state index is -0.767. The molecule has 1 saturated heterocycles. The van der Waals surface area contributed by atoms with Crippen molar-refractivity contribution in [3.05, 3.63) is 64.7 Å². The molecule has 2 aliphatic heterocycles. The predicted molar refractivity (Wildman–Crippen MR) is 121 cm³/mol. The highest BCUT2D eigenvalue weighted by atomic mass is 16.5. The maximum atomic E-state index is 13.1. The van der Waals surface area contributed by atoms with Crippen molar-refractivity contribution in [1.29, 1.82) is 0 Å². The summed E-state index contributed by atoms with van der Waals surface area (Å²) in [6.45, 7) is 1.77. The second-order valence-corrected chi connectivity index (χ2v) is 8.52. The van der Waals surface area contributed by atoms with E-state index in [2.05, 4.69) is 0 Å². The van der Waals surface area contributed by atoms with E-state index in [-0.39, 0.29) is 17.1 Å². The summed E-state index contributed by atoms with van der Waals surface area (Å²) < 4.78 is 5.65. The first-order chi connectivity index (χ1) is 15.4. The Balaban J connectivity index is 1.79. The van der Waals surface area contributed by atoms with Gasteiger partial charge in [-0.15, -0.1) is 0 Å². The van der Waals surface area contributed by atoms with E-state index in [0.717, 1.165) is 30.7 Å². The molecule has 2 aromatic carbocycles. The van der Waals surface area contributed by atoms with Gasteiger partial charge in [-0.25, -0.2) is 0 Å². The average molecular weight is 437 g/mol. The molecule has 0 saturated carbocycles. The summed E-state index contributed by atoms with van der Waals surface area (Å²) in [4.78, 5) is 29.5. The van der Waals surface area contributed by atoms with Gasteiger partial charge >= 0.3 is 0 Å². The number of likely N-dealkylation sites (tertiary alicyclic amines) is 1. The van der Waals surface area contributed by atoms with Gasteiger partial charge in [-0.3, -0.25) is 9.59 Å². The monoisotopic (exact) mass is 436 g/mol. The van der Waals surface area contributed by atoms with E-state index < -0.39 is 17.7 Å². The zero-order valence-corrected chi connectivity index (χ0v) is 18.4. The van der Waals surface area contributed by atoms with E-state index in [9.17, 15) is 19.8 Å². The molecule has 168 valence electrons. The second-order valence-electron chi connectivity index (χ2n) is 8.52. The maximum absolute atomic E-state index is 13.1. The zero-order valence-electron chi connectivity index (χ0n) is 18.4. The summed E-state index contributed by atoms with van der Waals surface area (Å²) in [7, 11) is 3.89. The Hall–Kier alpha value is -3.32. The summed E-state index contributed by atoms with van der Waals surface area (Å²) in [5.74, 6) is -0.747. The molecule has 2 aromatic rings. The predicted octanol–water partition coefficient (Wildman–Crippen LogP) is 3.09. The van der Waals surface area contributed by atoms with Crippen LogP contribution in [0.5, 0.6) is 11.5 Å². The number of hydrogen-bond acceptors (Lipinski definition) is 6. The second kappa shape index (κ2) is 9.04. The Kier molecular flexibility index (Phi) is 6.19. The van der Waals surface area contributed by atoms with Crippen LogP contribution in [0.15, 0.2) is 48.0 Å². The van der Waals surface area contributed by atoms with Crippen LogP contribution in [0.2, 0.25) is 0 Å². The van der Waals surface area contributed by atoms with Crippen LogP contribution in [0.4, 0.5) is 0 Å². The van der Waals surface area contributed by atoms with Crippen LogP contribution in [-0.2, 0) is 16.0 Å². The van der Waals surface area contributed by atoms with Crippen molar-refractivity contribution in [1.82, 2.24) is 9.80 Å². The number of fused-ring (bicyclic) bond motifs is 1. The van der Waals surface area contributed by atoms with E-state index >= 15 is 0 Å². The Morgan fingerprint density at radius 3 is 2.75 bits per heavy atom. The highest BCUT2D eigenvalue weighted by Crippen LogP contribution is 2.41. The summed E-state index contributed by atoms with van der Waals surface area (Å²) in [6.07, 6.45) is 2.38. The average Bonchev–Trinajstić information content (AvgIpc) is 3.03. The summed E-state index contributed by atoms with van der Waals surface area (Å²) in [5, 5.41) is 21.2. The third-order valence-electron chi connectivity index (χ3n) is 5.91. The minimum Gasteiger partial charge on any atom is -0.508 e. The van der Waals surface area contributed by atoms with Crippen LogP contribution in [0.1, 0.15) is 35.6 Å². The summed E-state index contributed by atoms with van der Waals surface area (Å²) >= 11 is 0. The number of phenols is 1. The minimum absolute atomic E-state index is 0.0345. The van der Waals surface area contributed by atoms with Crippen LogP contribution in [-0.4, -0.2) is 65.5 Å². The van der Waals surface area contributed by atoms with Gasteiger partial charge in [0.15, 0.2) is 0 Å². The van der Waals surface area contributed by atoms with Crippen LogP contribution >= 0.6 is 0 Å². The zero-order chi connectivity index (χ0) is 22.8. The lowest BCUT2D eigenvalue weighted by atomic mass is 9.94. The highest BCUT2D eigenvalue weighted by Gasteiger charge is 2.45. The lowest BCUT2D eigenvalue weighted by Crippen LogP contribution is -2.32. The normalized spacial score (nSPS) is 19.8. The summed E-state index contributed by atoms with van der Waals surface area (Å²) in [6, 6.07) is 11.0. The third kappa shape index (κ3) is 4.21. The Morgan fingerprint density at radius 1 is 1.19 bits per heavy atom. The van der Waals surface area contributed by atoms with Crippen molar-refractivity contribution in [3.63, 3.8) is 0 Å². The Bertz CT molecular complexity index is 1080. The molecule has 32 heavy (non-hydrogen) atoms. The van der Waals surface area contributed by atoms with Gasteiger partial charge in [-0.05, 0) is 81.4 Å². The van der Waals surface area contributed by atoms with E-state index in [1.165, 1.54) is 17.0 Å². The number of aromatic hydroxyl groups is 1. The molecular weight excluding hydrogens is 408 g/mol. The Labute approximate surface area is 187 Å². The number of aliphatic hydroxyl groups excluding tert-OH is 1. The number of Topliss-reactive ketones (excluding diaryl/α,β-unsaturated/α-hetero) is 1. The fraction of sp³-hybridized carbons (Fsp3) is 0.360. The van der Waals surface area contributed by atoms with E-state index in [1.54, 1.807) is 24.3 Å². The van der Waals surface area contributed by atoms with E-state index in [1.807, 2.05) is 25.1 Å². The van der Waals surface area contributed by atoms with E-state index in [0.29, 0.717) is 30.7 Å². The number of aryl methyl sites for hydroxylation is 1. The molecule has 0 aliphatic carbocycles. The van der Waals surface area contributed by atoms with Gasteiger partial charge < -0.3 is 24.7 Å². The van der Waals surface area contributed by atoms with Gasteiger partial charge in [0.05, 0.1) is 18.2 Å². The van der Waals surface area contributed by atoms with Crippen LogP contribution in [0, 0.1) is 0 Å². The molecule has 7 heteroatoms. The van der Waals surface area contributed by atoms with Crippen molar-refractivity contribution in [2.24, 2.45) is 0 Å². The molecule has 0 bridgehead atoms. The molecule has 1 amide bonds. The lowest BCUT2D eigenvalue weighted by Gasteiger charge is -2.26. The molecule has 0 spiro atoms. The molecule has 2 aliphatic rings. The molecule has 1 fully saturated rings. The van der Waals surface area contributed by atoms with Gasteiger partial charge in [-0.2, -0.15) is 0 Å². The van der Waals surface area contributed by atoms with Crippen LogP contribution < -0.4 is 4.74 Å². The molecule has 0 aromatic heterocycles. The number of rotatable bonds is 6. The van der Waals surface area contributed by atoms with Crippen molar-refractivity contribution < 1.29 is 24.5 Å². The molecule has 1 atom stereocenters. The smallest absolute Gasteiger partial charge is 0.295 e. The largest absolute Gasteiger partial charge is 0.508 e. The number of amides is 1. The molecule has 2 N–H and O–H groups in total. The van der Waals surface area contributed by atoms with Crippen LogP contribution in [0.25, 0.3) is 5.76 Å². The first-order valence-electron chi connectivity index (χ1n) is 10.8. The van der Waals surface area contributed by atoms with Gasteiger partial charge in [0.2, 0.25) is 0 Å². The number of carbonyl (C=O) groups is 2. The van der Waals surface area contributed by atoms with E-state index in [4.69, 9.17) is 4.74 Å². The lowest BCUT2D eigenvalue weighted by molar-refractivity contribution is -0.139. The number of aliphatic hydroxyl groups is 1. The van der Waals surface area contributed by atoms with Gasteiger partial charge in [0.1, 0.15) is 17.3 Å². The topological polar surface area (TPSA) is 90.3 Å². The van der Waals surface area contributed by atoms with Crippen molar-refractivity contribution in [2.75, 3.05) is 33.8 Å². The number of benzene rings is 2. The molecule has 1 unspecified atom stereocenters. The molecular formula is C25H28N2O5. The number of nitrogens with zero attached hydrogens (tertiary/aromatic N) is 2. The number of ether oxygens (including phenoxy) is 1. The fourth-order valence-electron chi connectivity index (χ4n) is 4.37. The number of ketones is 1. The van der Waals surface area contributed by atoms with Gasteiger partial charge in [-0.1, -0.05) is 12.1 Å². The SMILES string of the molecule is CN(C)CCCN1C(=O)C(=O)/C(=C(\O)c2ccc3c(c2)CCCO3)C1c1cccc(O)c1. The van der Waals surface area contributed by atoms with Crippen molar-refractivity contribution in [3.8, 4) is 11.5 Å². The van der Waals surface area contributed by atoms with Gasteiger partial charge in [0, 0.05) is 12.1 Å². The van der Waals surface area contributed by atoms with Crippen molar-refractivity contribution in [2.45, 2.75) is 25.3 Å². The summed E-state index contributed by atoms with van der Waals surface area (Å²) in [5.41, 5.74) is 2.07. The third-order valence-corrected chi connectivity index (χ3v) is 5.91. The standard InChI is InChI=1S/C25H28N2O5/c1-26(2)11-5-12-27-22(17-6-3-8-19(28)15-17)21(24(30)25(27)31)23(29)18-9-10-20-16(14-18)7-4-13-32-20/h3,6,8-10,14-15,22,28-29H,4-5,7,11-13H2,1-2H3/b23-21-. The molecule has 0 radical (unpaired) electrons. The molecule has 4 rings (SSSR count). The number of phenolic OH excluding ortho intramolecular Hbond substituents is 1. The maximum Gasteiger partial charge on any atom is 0.295 e. The van der Waals surface area contributed by atoms with Crippen molar-refractivity contribution >= 4 is 17.4 Å². The first-order valence-corrected chi connectivity index (χ1v) is 10.8. The Morgan fingerprint density at radius 2 is 2.00 bits per heavy atom. The first kappa shape index (κ1) is 21.9. The van der Waals surface area contributed by atoms with Gasteiger partial charge in [0.25, 0.3) is 11.7 Å². The molecule has 7 nitrogen and oxygen atoms in total. The number of hydrogen-bond donors (Lipinski definition) is 2. The molecule has 2 heterocycles. The van der Waals surface area contributed by atoms with Crippen LogP contribution in [0.3, 0.4) is 0 Å². The number of carbonyl (C=O) groups excluding carboxylic acids is 2. The quantitative estimate of drug-likeness (QED) is 0.411. The highest BCUT2D eigenvalue weighted by molar-refractivity contribution is 6.46. The fourth-order valence-corrected chi connectivity index (χ4v) is 4.37.